The summed E-state index contributed by atoms with van der Waals surface area (Å²) in [5.74, 6) is 1.46. The van der Waals surface area contributed by atoms with E-state index in [2.05, 4.69) is 40.1 Å². The van der Waals surface area contributed by atoms with Gasteiger partial charge in [-0.1, -0.05) is 36.8 Å². The molecule has 3 aliphatic heterocycles. The van der Waals surface area contributed by atoms with Crippen molar-refractivity contribution < 1.29 is 9.53 Å². The number of ether oxygens (including phenoxy) is 1. The molecule has 142 valence electrons. The van der Waals surface area contributed by atoms with Crippen LogP contribution in [0.5, 0.6) is 0 Å². The third kappa shape index (κ3) is 3.81. The Labute approximate surface area is 157 Å². The van der Waals surface area contributed by atoms with Crippen LogP contribution in [-0.4, -0.2) is 60.6 Å². The second-order valence-electron chi connectivity index (χ2n) is 8.34. The molecule has 0 unspecified atom stereocenters. The van der Waals surface area contributed by atoms with Crippen LogP contribution in [0.4, 0.5) is 0 Å². The molecule has 0 aliphatic carbocycles. The number of likely N-dealkylation sites (tertiary alicyclic amines) is 1. The fraction of sp³-hybridized carbons (Fsp3) is 0.682. The number of carbonyl (C=O) groups excluding carboxylic acids is 1. The van der Waals surface area contributed by atoms with Gasteiger partial charge in [-0.25, -0.2) is 0 Å². The minimum atomic E-state index is 0.187. The SMILES string of the molecule is CCOCC(=O)N1C[C@@H]2C[C@H](C1)[C@@H]1CCC[C@H](Cc3ccccc3)N1C2. The van der Waals surface area contributed by atoms with Crippen LogP contribution >= 0.6 is 0 Å². The summed E-state index contributed by atoms with van der Waals surface area (Å²) in [6.07, 6.45) is 6.42. The van der Waals surface area contributed by atoms with Gasteiger partial charge in [0.25, 0.3) is 0 Å². The molecule has 3 heterocycles. The average Bonchev–Trinajstić information content (AvgIpc) is 2.67. The molecule has 1 aromatic carbocycles. The molecule has 4 heteroatoms. The van der Waals surface area contributed by atoms with E-state index in [0.29, 0.717) is 30.5 Å². The Hall–Kier alpha value is -1.39. The topological polar surface area (TPSA) is 32.8 Å². The van der Waals surface area contributed by atoms with E-state index in [1.54, 1.807) is 0 Å². The Morgan fingerprint density at radius 2 is 2.00 bits per heavy atom. The average molecular weight is 357 g/mol. The highest BCUT2D eigenvalue weighted by atomic mass is 16.5. The van der Waals surface area contributed by atoms with Crippen molar-refractivity contribution in [3.05, 3.63) is 35.9 Å². The number of amides is 1. The Balaban J connectivity index is 1.43. The van der Waals surface area contributed by atoms with Gasteiger partial charge in [0.1, 0.15) is 6.61 Å². The van der Waals surface area contributed by atoms with Gasteiger partial charge < -0.3 is 9.64 Å². The summed E-state index contributed by atoms with van der Waals surface area (Å²) in [4.78, 5) is 17.4. The van der Waals surface area contributed by atoms with Crippen molar-refractivity contribution in [2.24, 2.45) is 11.8 Å². The van der Waals surface area contributed by atoms with Gasteiger partial charge in [0.15, 0.2) is 0 Å². The number of fused-ring (bicyclic) bond motifs is 4. The normalized spacial score (nSPS) is 31.5. The van der Waals surface area contributed by atoms with Crippen molar-refractivity contribution >= 4 is 5.91 Å². The van der Waals surface area contributed by atoms with Crippen molar-refractivity contribution in [1.29, 1.82) is 0 Å². The smallest absolute Gasteiger partial charge is 0.248 e. The maximum atomic E-state index is 12.4. The molecule has 0 N–H and O–H groups in total. The molecule has 3 fully saturated rings. The number of piperidine rings is 3. The van der Waals surface area contributed by atoms with E-state index in [1.807, 2.05) is 6.92 Å². The summed E-state index contributed by atoms with van der Waals surface area (Å²) in [5.41, 5.74) is 1.46. The Bertz CT molecular complexity index is 605. The van der Waals surface area contributed by atoms with Crippen LogP contribution in [0.25, 0.3) is 0 Å². The molecule has 26 heavy (non-hydrogen) atoms. The molecule has 2 bridgehead atoms. The van der Waals surface area contributed by atoms with Gasteiger partial charge >= 0.3 is 0 Å². The molecule has 0 aromatic heterocycles. The summed E-state index contributed by atoms with van der Waals surface area (Å²) < 4.78 is 5.36. The van der Waals surface area contributed by atoms with Crippen molar-refractivity contribution in [2.75, 3.05) is 32.8 Å². The van der Waals surface area contributed by atoms with Crippen molar-refractivity contribution in [3.63, 3.8) is 0 Å². The van der Waals surface area contributed by atoms with Crippen LogP contribution in [-0.2, 0) is 16.0 Å². The minimum absolute atomic E-state index is 0.187. The minimum Gasteiger partial charge on any atom is -0.372 e. The van der Waals surface area contributed by atoms with Crippen LogP contribution in [0.15, 0.2) is 30.3 Å². The predicted octanol–water partition coefficient (Wildman–Crippen LogP) is 2.97. The third-order valence-electron chi connectivity index (χ3n) is 6.61. The quantitative estimate of drug-likeness (QED) is 0.813. The third-order valence-corrected chi connectivity index (χ3v) is 6.61. The zero-order valence-electron chi connectivity index (χ0n) is 16.0. The Kier molecular flexibility index (Phi) is 5.60. The molecular weight excluding hydrogens is 324 g/mol. The van der Waals surface area contributed by atoms with Gasteiger partial charge in [0.2, 0.25) is 5.91 Å². The summed E-state index contributed by atoms with van der Waals surface area (Å²) in [6, 6.07) is 12.3. The molecule has 3 aliphatic rings. The number of rotatable bonds is 5. The lowest BCUT2D eigenvalue weighted by Gasteiger charge is -2.55. The first-order valence-electron chi connectivity index (χ1n) is 10.4. The second kappa shape index (κ2) is 8.10. The fourth-order valence-electron chi connectivity index (χ4n) is 5.50. The van der Waals surface area contributed by atoms with E-state index in [1.165, 1.54) is 37.7 Å². The van der Waals surface area contributed by atoms with Gasteiger partial charge in [0, 0.05) is 38.3 Å². The monoisotopic (exact) mass is 356 g/mol. The lowest BCUT2D eigenvalue weighted by Crippen LogP contribution is -2.62. The molecule has 4 rings (SSSR count). The zero-order valence-corrected chi connectivity index (χ0v) is 16.0. The number of carbonyl (C=O) groups is 1. The van der Waals surface area contributed by atoms with Crippen LogP contribution in [0.2, 0.25) is 0 Å². The van der Waals surface area contributed by atoms with Crippen LogP contribution in [0.1, 0.15) is 38.2 Å². The number of hydrogen-bond acceptors (Lipinski definition) is 3. The van der Waals surface area contributed by atoms with Crippen molar-refractivity contribution in [1.82, 2.24) is 9.80 Å². The van der Waals surface area contributed by atoms with Crippen LogP contribution in [0, 0.1) is 11.8 Å². The predicted molar refractivity (Wildman–Crippen MR) is 103 cm³/mol. The second-order valence-corrected chi connectivity index (χ2v) is 8.34. The van der Waals surface area contributed by atoms with E-state index in [4.69, 9.17) is 4.74 Å². The largest absolute Gasteiger partial charge is 0.372 e. The lowest BCUT2D eigenvalue weighted by atomic mass is 9.74. The maximum absolute atomic E-state index is 12.4. The number of nitrogens with zero attached hydrogens (tertiary/aromatic N) is 2. The Morgan fingerprint density at radius 1 is 1.15 bits per heavy atom. The molecule has 1 aromatic rings. The van der Waals surface area contributed by atoms with E-state index in [9.17, 15) is 4.79 Å². The molecule has 1 amide bonds. The summed E-state index contributed by atoms with van der Waals surface area (Å²) in [5, 5.41) is 0. The van der Waals surface area contributed by atoms with Gasteiger partial charge in [-0.05, 0) is 50.0 Å². The van der Waals surface area contributed by atoms with Gasteiger partial charge in [-0.2, -0.15) is 0 Å². The highest BCUT2D eigenvalue weighted by Gasteiger charge is 2.45. The lowest BCUT2D eigenvalue weighted by molar-refractivity contribution is -0.143. The maximum Gasteiger partial charge on any atom is 0.248 e. The highest BCUT2D eigenvalue weighted by Crippen LogP contribution is 2.40. The van der Waals surface area contributed by atoms with Crippen molar-refractivity contribution in [2.45, 2.75) is 51.1 Å². The first kappa shape index (κ1) is 18.0. The summed E-state index contributed by atoms with van der Waals surface area (Å²) in [7, 11) is 0. The number of hydrogen-bond donors (Lipinski definition) is 0. The Morgan fingerprint density at radius 3 is 2.81 bits per heavy atom. The van der Waals surface area contributed by atoms with E-state index in [0.717, 1.165) is 19.6 Å². The van der Waals surface area contributed by atoms with E-state index >= 15 is 0 Å². The highest BCUT2D eigenvalue weighted by molar-refractivity contribution is 5.77. The van der Waals surface area contributed by atoms with E-state index < -0.39 is 0 Å². The number of benzene rings is 1. The molecule has 4 nitrogen and oxygen atoms in total. The fourth-order valence-corrected chi connectivity index (χ4v) is 5.50. The van der Waals surface area contributed by atoms with E-state index in [-0.39, 0.29) is 12.5 Å². The van der Waals surface area contributed by atoms with Gasteiger partial charge in [-0.3, -0.25) is 9.69 Å². The molecule has 3 saturated heterocycles. The molecule has 0 spiro atoms. The summed E-state index contributed by atoms with van der Waals surface area (Å²) in [6.45, 7) is 5.83. The zero-order chi connectivity index (χ0) is 17.9. The van der Waals surface area contributed by atoms with Crippen LogP contribution < -0.4 is 0 Å². The van der Waals surface area contributed by atoms with Crippen molar-refractivity contribution in [3.8, 4) is 0 Å². The molecule has 4 atom stereocenters. The molecular formula is C22H32N2O2. The summed E-state index contributed by atoms with van der Waals surface area (Å²) >= 11 is 0. The van der Waals surface area contributed by atoms with Crippen LogP contribution in [0.3, 0.4) is 0 Å². The van der Waals surface area contributed by atoms with Gasteiger partial charge in [-0.15, -0.1) is 0 Å². The standard InChI is InChI=1S/C22H32N2O2/c1-2-26-16-22(25)23-13-18-11-19(15-23)21-10-6-9-20(24(21)14-18)12-17-7-4-3-5-8-17/h3-5,7-8,18-21H,2,6,9-16H2,1H3/t18-,19+,20+,21-/m0/s1. The van der Waals surface area contributed by atoms with Gasteiger partial charge in [0.05, 0.1) is 0 Å². The first-order chi connectivity index (χ1) is 12.7. The molecule has 0 saturated carbocycles. The first-order valence-corrected chi connectivity index (χ1v) is 10.4. The molecule has 0 radical (unpaired) electrons.